The highest BCUT2D eigenvalue weighted by molar-refractivity contribution is 7.99. The molecule has 4 rings (SSSR count). The Morgan fingerprint density at radius 1 is 1.03 bits per heavy atom. The Morgan fingerprint density at radius 2 is 1.77 bits per heavy atom. The van der Waals surface area contributed by atoms with E-state index in [1.807, 2.05) is 18.2 Å². The van der Waals surface area contributed by atoms with E-state index >= 15 is 0 Å². The van der Waals surface area contributed by atoms with Crippen LogP contribution in [0.25, 0.3) is 11.3 Å². The van der Waals surface area contributed by atoms with Crippen LogP contribution in [0.1, 0.15) is 24.8 Å². The van der Waals surface area contributed by atoms with Gasteiger partial charge in [-0.15, -0.1) is 10.2 Å². The van der Waals surface area contributed by atoms with Crippen LogP contribution >= 0.6 is 11.8 Å². The third-order valence-corrected chi connectivity index (χ3v) is 6.60. The van der Waals surface area contributed by atoms with Gasteiger partial charge >= 0.3 is 6.18 Å². The molecule has 0 radical (unpaired) electrons. The summed E-state index contributed by atoms with van der Waals surface area (Å²) in [5, 5.41) is 11.4. The molecule has 1 aliphatic heterocycles. The zero-order valence-corrected chi connectivity index (χ0v) is 20.0. The number of halogens is 3. The first-order valence-corrected chi connectivity index (χ1v) is 12.2. The number of amides is 1. The number of thioether (sulfide) groups is 1. The second-order valence-electron chi connectivity index (χ2n) is 8.10. The van der Waals surface area contributed by atoms with Gasteiger partial charge in [0, 0.05) is 24.3 Å². The summed E-state index contributed by atoms with van der Waals surface area (Å²) < 4.78 is 44.0. The summed E-state index contributed by atoms with van der Waals surface area (Å²) in [4.78, 5) is 14.7. The van der Waals surface area contributed by atoms with Crippen LogP contribution < -0.4 is 15.0 Å². The third-order valence-electron chi connectivity index (χ3n) is 5.68. The molecule has 3 aromatic rings. The molecule has 1 aliphatic rings. The molecule has 1 amide bonds. The number of anilines is 2. The molecule has 35 heavy (non-hydrogen) atoms. The molecule has 1 fully saturated rings. The highest BCUT2D eigenvalue weighted by atomic mass is 32.2. The summed E-state index contributed by atoms with van der Waals surface area (Å²) in [5.74, 6) is -0.378. The Kier molecular flexibility index (Phi) is 7.80. The number of carbonyl (C=O) groups is 1. The molecule has 0 atom stereocenters. The van der Waals surface area contributed by atoms with Crippen LogP contribution in [-0.2, 0) is 11.0 Å². The van der Waals surface area contributed by atoms with E-state index < -0.39 is 17.6 Å². The number of nitrogens with one attached hydrogen (secondary N) is 1. The van der Waals surface area contributed by atoms with Gasteiger partial charge in [-0.3, -0.25) is 4.79 Å². The molecular weight excluding hydrogens is 477 g/mol. The number of hydrogen-bond donors (Lipinski definition) is 1. The fourth-order valence-electron chi connectivity index (χ4n) is 3.85. The van der Waals surface area contributed by atoms with Crippen LogP contribution in [0.2, 0.25) is 0 Å². The predicted octanol–water partition coefficient (Wildman–Crippen LogP) is 5.89. The van der Waals surface area contributed by atoms with E-state index in [0.29, 0.717) is 5.03 Å². The summed E-state index contributed by atoms with van der Waals surface area (Å²) >= 11 is 1.14. The lowest BCUT2D eigenvalue weighted by Crippen LogP contribution is -2.29. The smallest absolute Gasteiger partial charge is 0.416 e. The summed E-state index contributed by atoms with van der Waals surface area (Å²) in [5.41, 5.74) is 1.97. The molecule has 1 aromatic heterocycles. The van der Waals surface area contributed by atoms with Gasteiger partial charge in [0.25, 0.3) is 0 Å². The van der Waals surface area contributed by atoms with Gasteiger partial charge in [-0.25, -0.2) is 0 Å². The molecule has 0 saturated carbocycles. The minimum atomic E-state index is -4.52. The van der Waals surface area contributed by atoms with Gasteiger partial charge in [0.1, 0.15) is 10.8 Å². The minimum Gasteiger partial charge on any atom is -0.495 e. The maximum atomic E-state index is 13.0. The van der Waals surface area contributed by atoms with Crippen molar-refractivity contribution in [2.75, 3.05) is 36.2 Å². The molecule has 10 heteroatoms. The van der Waals surface area contributed by atoms with Gasteiger partial charge in [0.2, 0.25) is 5.91 Å². The number of methoxy groups -OCH3 is 1. The van der Waals surface area contributed by atoms with Crippen molar-refractivity contribution < 1.29 is 22.7 Å². The summed E-state index contributed by atoms with van der Waals surface area (Å²) in [6.45, 7) is 2.17. The predicted molar refractivity (Wildman–Crippen MR) is 131 cm³/mol. The summed E-state index contributed by atoms with van der Waals surface area (Å²) in [6.07, 6.45) is -0.795. The molecular formula is C25H25F3N4O2S. The first-order chi connectivity index (χ1) is 16.8. The van der Waals surface area contributed by atoms with Crippen molar-refractivity contribution in [3.63, 3.8) is 0 Å². The van der Waals surface area contributed by atoms with E-state index in [2.05, 4.69) is 32.5 Å². The van der Waals surface area contributed by atoms with Crippen molar-refractivity contribution in [1.82, 2.24) is 10.2 Å². The van der Waals surface area contributed by atoms with Crippen molar-refractivity contribution in [2.24, 2.45) is 0 Å². The van der Waals surface area contributed by atoms with E-state index in [0.717, 1.165) is 48.2 Å². The minimum absolute atomic E-state index is 0.0395. The van der Waals surface area contributed by atoms with Crippen LogP contribution in [0, 0.1) is 0 Å². The molecule has 0 spiro atoms. The van der Waals surface area contributed by atoms with Gasteiger partial charge in [0.05, 0.1) is 29.8 Å². The molecule has 2 heterocycles. The molecule has 1 N–H and O–H groups in total. The average Bonchev–Trinajstić information content (AvgIpc) is 2.88. The highest BCUT2D eigenvalue weighted by Gasteiger charge is 2.31. The van der Waals surface area contributed by atoms with Crippen LogP contribution in [0.15, 0.2) is 59.6 Å². The van der Waals surface area contributed by atoms with Crippen LogP contribution in [-0.4, -0.2) is 42.1 Å². The number of aromatic nitrogens is 2. The largest absolute Gasteiger partial charge is 0.495 e. The molecule has 6 nitrogen and oxygen atoms in total. The van der Waals surface area contributed by atoms with Crippen molar-refractivity contribution >= 4 is 29.0 Å². The number of alkyl halides is 3. The highest BCUT2D eigenvalue weighted by Crippen LogP contribution is 2.35. The van der Waals surface area contributed by atoms with Gasteiger partial charge in [-0.05, 0) is 61.7 Å². The Morgan fingerprint density at radius 3 is 2.40 bits per heavy atom. The van der Waals surface area contributed by atoms with Gasteiger partial charge in [-0.2, -0.15) is 13.2 Å². The lowest BCUT2D eigenvalue weighted by atomic mass is 10.1. The molecule has 0 aliphatic carbocycles. The van der Waals surface area contributed by atoms with E-state index in [1.54, 1.807) is 6.07 Å². The SMILES string of the molecule is COc1ccc(C(F)(F)F)cc1NC(=O)CSc1ccc(-c2ccc(N3CCCCC3)cc2)nn1. The monoisotopic (exact) mass is 502 g/mol. The van der Waals surface area contributed by atoms with Crippen molar-refractivity contribution in [3.05, 3.63) is 60.2 Å². The molecule has 184 valence electrons. The third kappa shape index (κ3) is 6.45. The lowest BCUT2D eigenvalue weighted by molar-refractivity contribution is -0.137. The number of hydrogen-bond acceptors (Lipinski definition) is 6. The maximum Gasteiger partial charge on any atom is 0.416 e. The number of carbonyl (C=O) groups excluding carboxylic acids is 1. The van der Waals surface area contributed by atoms with Crippen molar-refractivity contribution in [2.45, 2.75) is 30.5 Å². The molecule has 0 unspecified atom stereocenters. The zero-order chi connectivity index (χ0) is 24.8. The average molecular weight is 503 g/mol. The van der Waals surface area contributed by atoms with E-state index in [4.69, 9.17) is 4.74 Å². The Hall–Kier alpha value is -3.27. The number of rotatable bonds is 7. The topological polar surface area (TPSA) is 67.3 Å². The van der Waals surface area contributed by atoms with Gasteiger partial charge in [-0.1, -0.05) is 23.9 Å². The first-order valence-electron chi connectivity index (χ1n) is 11.2. The van der Waals surface area contributed by atoms with Crippen LogP contribution in [0.4, 0.5) is 24.5 Å². The fraction of sp³-hybridized carbons (Fsp3) is 0.320. The number of nitrogens with zero attached hydrogens (tertiary/aromatic N) is 3. The Labute approximate surface area is 205 Å². The van der Waals surface area contributed by atoms with Gasteiger partial charge < -0.3 is 15.0 Å². The maximum absolute atomic E-state index is 13.0. The zero-order valence-electron chi connectivity index (χ0n) is 19.1. The quantitative estimate of drug-likeness (QED) is 0.406. The standard InChI is InChI=1S/C25H25F3N4O2S/c1-34-22-11-7-18(25(26,27)28)15-21(22)29-23(33)16-35-24-12-10-20(30-31-24)17-5-8-19(9-6-17)32-13-3-2-4-14-32/h5-12,15H,2-4,13-14,16H2,1H3,(H,29,33). The number of ether oxygens (including phenoxy) is 1. The summed E-state index contributed by atoms with van der Waals surface area (Å²) in [7, 11) is 1.32. The number of piperidine rings is 1. The van der Waals surface area contributed by atoms with Crippen LogP contribution in [0.3, 0.4) is 0 Å². The van der Waals surface area contributed by atoms with Crippen molar-refractivity contribution in [1.29, 1.82) is 0 Å². The molecule has 1 saturated heterocycles. The second kappa shape index (κ2) is 11.0. The van der Waals surface area contributed by atoms with Crippen LogP contribution in [0.5, 0.6) is 5.75 Å². The Balaban J connectivity index is 1.34. The van der Waals surface area contributed by atoms with E-state index in [1.165, 1.54) is 38.1 Å². The van der Waals surface area contributed by atoms with Crippen molar-refractivity contribution in [3.8, 4) is 17.0 Å². The molecule has 2 aromatic carbocycles. The number of benzene rings is 2. The lowest BCUT2D eigenvalue weighted by Gasteiger charge is -2.28. The first kappa shape index (κ1) is 24.8. The second-order valence-corrected chi connectivity index (χ2v) is 9.10. The van der Waals surface area contributed by atoms with E-state index in [9.17, 15) is 18.0 Å². The Bertz CT molecular complexity index is 1150. The van der Waals surface area contributed by atoms with E-state index in [-0.39, 0.29) is 17.2 Å². The molecule has 0 bridgehead atoms. The summed E-state index contributed by atoms with van der Waals surface area (Å²) in [6, 6.07) is 14.8. The van der Waals surface area contributed by atoms with Gasteiger partial charge in [0.15, 0.2) is 0 Å². The normalized spacial score (nSPS) is 14.0. The fourth-order valence-corrected chi connectivity index (χ4v) is 4.47.